The van der Waals surface area contributed by atoms with Gasteiger partial charge in [0, 0.05) is 46.5 Å². The monoisotopic (exact) mass is 1210 g/mol. The molecule has 2 aromatic heterocycles. The molecule has 9 N–H and O–H groups in total. The van der Waals surface area contributed by atoms with Crippen LogP contribution in [-0.2, 0) is 54.3 Å². The first-order chi connectivity index (χ1) is 42.0. The van der Waals surface area contributed by atoms with E-state index >= 15 is 0 Å². The first-order valence-electron chi connectivity index (χ1n) is 29.2. The third-order valence-corrected chi connectivity index (χ3v) is 15.2. The van der Waals surface area contributed by atoms with Gasteiger partial charge < -0.3 is 56.3 Å². The summed E-state index contributed by atoms with van der Waals surface area (Å²) in [6.45, 7) is 7.36. The average molecular weight is 1210 g/mol. The SMILES string of the molecule is CC(C)c1nc2c(c(-c3ccc(F)cc3)c1/C=C/[C@@H](O)C[C@@H](O)CC(=O)O)CCCc1cc(NC(=O)NCC(=O)O)ccc1-2.COC(=O)CNC(=O)Nc1ccc2c(c1)CCCc1c-2nc(C(C)C)c(/C=C/[C@@H]2C[C@@H](O)CC(=O)O2)c1-c1ccc(F)cc1. The van der Waals surface area contributed by atoms with Crippen molar-refractivity contribution in [3.63, 3.8) is 0 Å². The summed E-state index contributed by atoms with van der Waals surface area (Å²) < 4.78 is 38.1. The minimum absolute atomic E-state index is 0.0162. The molecule has 21 heteroatoms. The van der Waals surface area contributed by atoms with E-state index in [1.807, 2.05) is 44.2 Å². The van der Waals surface area contributed by atoms with Crippen LogP contribution in [0.4, 0.5) is 29.7 Å². The van der Waals surface area contributed by atoms with Crippen LogP contribution in [0.15, 0.2) is 97.1 Å². The number of nitrogens with zero attached hydrogens (tertiary/aromatic N) is 2. The third kappa shape index (κ3) is 16.7. The molecule has 2 aliphatic carbocycles. The van der Waals surface area contributed by atoms with Crippen molar-refractivity contribution < 1.29 is 72.6 Å². The normalized spacial score (nSPS) is 15.9. The van der Waals surface area contributed by atoms with Crippen LogP contribution in [0.25, 0.3) is 56.9 Å². The minimum atomic E-state index is -1.21. The number of nitrogens with one attached hydrogen (secondary N) is 4. The Hall–Kier alpha value is -9.18. The Kier molecular flexibility index (Phi) is 21.7. The Bertz CT molecular complexity index is 3650. The van der Waals surface area contributed by atoms with Gasteiger partial charge in [0.2, 0.25) is 0 Å². The number of aliphatic hydroxyl groups excluding tert-OH is 3. The summed E-state index contributed by atoms with van der Waals surface area (Å²) >= 11 is 0. The molecule has 0 unspecified atom stereocenters. The van der Waals surface area contributed by atoms with Crippen LogP contribution in [0.2, 0.25) is 0 Å². The number of pyridine rings is 2. The van der Waals surface area contributed by atoms with Crippen molar-refractivity contribution in [2.24, 2.45) is 0 Å². The maximum absolute atomic E-state index is 14.1. The molecule has 0 saturated carbocycles. The number of fused-ring (bicyclic) bond motifs is 6. The molecule has 9 rings (SSSR count). The zero-order chi connectivity index (χ0) is 63.3. The largest absolute Gasteiger partial charge is 0.481 e. The van der Waals surface area contributed by atoms with Crippen molar-refractivity contribution in [1.82, 2.24) is 20.6 Å². The van der Waals surface area contributed by atoms with E-state index in [1.165, 1.54) is 37.5 Å². The number of amides is 4. The molecular weight excluding hydrogens is 1130 g/mol. The third-order valence-electron chi connectivity index (χ3n) is 15.2. The van der Waals surface area contributed by atoms with Crippen molar-refractivity contribution in [2.45, 2.75) is 128 Å². The number of urea groups is 2. The highest BCUT2D eigenvalue weighted by Crippen LogP contribution is 2.45. The number of rotatable bonds is 18. The fourth-order valence-electron chi connectivity index (χ4n) is 11.2. The summed E-state index contributed by atoms with van der Waals surface area (Å²) in [6.07, 6.45) is 7.35. The van der Waals surface area contributed by atoms with Crippen molar-refractivity contribution in [2.75, 3.05) is 30.8 Å². The molecule has 0 bridgehead atoms. The van der Waals surface area contributed by atoms with Gasteiger partial charge in [0.05, 0.1) is 61.0 Å². The molecular formula is C67H72F2N6O13. The van der Waals surface area contributed by atoms with Gasteiger partial charge in [0.15, 0.2) is 0 Å². The number of ether oxygens (including phenoxy) is 2. The highest BCUT2D eigenvalue weighted by molar-refractivity contribution is 5.94. The van der Waals surface area contributed by atoms with Gasteiger partial charge in [0.1, 0.15) is 30.8 Å². The first kappa shape index (κ1) is 64.8. The van der Waals surface area contributed by atoms with E-state index in [0.717, 1.165) is 109 Å². The molecule has 19 nitrogen and oxygen atoms in total. The van der Waals surface area contributed by atoms with Crippen LogP contribution in [-0.4, -0.2) is 116 Å². The molecule has 4 amide bonds. The molecule has 88 heavy (non-hydrogen) atoms. The van der Waals surface area contributed by atoms with E-state index in [-0.39, 0.29) is 42.9 Å². The maximum atomic E-state index is 14.1. The summed E-state index contributed by atoms with van der Waals surface area (Å²) in [5, 5.41) is 58.7. The topological polar surface area (TPSA) is 296 Å². The molecule has 462 valence electrons. The molecule has 1 aliphatic heterocycles. The second kappa shape index (κ2) is 29.5. The van der Waals surface area contributed by atoms with E-state index in [1.54, 1.807) is 48.6 Å². The van der Waals surface area contributed by atoms with E-state index in [4.69, 9.17) is 24.9 Å². The number of anilines is 2. The van der Waals surface area contributed by atoms with Gasteiger partial charge in [-0.3, -0.25) is 29.1 Å². The number of hydrogen-bond donors (Lipinski definition) is 9. The molecule has 1 saturated heterocycles. The number of cyclic esters (lactones) is 1. The Labute approximate surface area is 508 Å². The fourth-order valence-corrected chi connectivity index (χ4v) is 11.2. The fraction of sp³-hybridized carbons (Fsp3) is 0.343. The Morgan fingerprint density at radius 3 is 1.62 bits per heavy atom. The number of halogens is 2. The van der Waals surface area contributed by atoms with Crippen molar-refractivity contribution in [3.05, 3.63) is 153 Å². The zero-order valence-electron chi connectivity index (χ0n) is 49.5. The Balaban J connectivity index is 0.000000228. The molecule has 0 spiro atoms. The van der Waals surface area contributed by atoms with Crippen LogP contribution >= 0.6 is 0 Å². The lowest BCUT2D eigenvalue weighted by atomic mass is 9.86. The van der Waals surface area contributed by atoms with E-state index < -0.39 is 73.3 Å². The molecule has 1 fully saturated rings. The van der Waals surface area contributed by atoms with E-state index in [0.29, 0.717) is 37.1 Å². The number of aromatic nitrogens is 2. The van der Waals surface area contributed by atoms with Crippen LogP contribution in [0.1, 0.15) is 123 Å². The van der Waals surface area contributed by atoms with Crippen molar-refractivity contribution in [3.8, 4) is 44.8 Å². The molecule has 3 heterocycles. The van der Waals surface area contributed by atoms with Gasteiger partial charge in [-0.1, -0.05) is 82.3 Å². The summed E-state index contributed by atoms with van der Waals surface area (Å²) in [5.74, 6) is -4.04. The summed E-state index contributed by atoms with van der Waals surface area (Å²) in [6, 6.07) is 22.6. The number of methoxy groups -OCH3 is 1. The highest BCUT2D eigenvalue weighted by atomic mass is 19.1. The molecule has 3 aliphatic rings. The maximum Gasteiger partial charge on any atom is 0.325 e. The standard InChI is InChI=1S/C34H36FN3O6.C33H36FN3O7/c1-19(2)32-28(14-12-25-16-24(39)17-29(40)44-25)31(20-7-9-22(35)10-8-20)27-6-4-5-21-15-23(11-13-26(21)33(27)38-32)37-34(42)36-18-30(41)43-3;1-18(2)31-27(13-11-23(38)15-24(39)16-28(40)41)30(19-6-8-21(34)9-7-19)26-5-3-4-20-14-22(10-12-25(20)32(26)37-31)36-33(44)35-17-29(42)43/h7-15,19,24-25,39H,4-6,16-18H2,1-3H3,(H2,36,37,42);6-14,18,23-24,38-39H,3-5,15-17H2,1-2H3,(H,40,41)(H,42,43)(H2,35,36,44)/b14-12+;13-11+/t24-,25-;23-,24-/m11/s1. The summed E-state index contributed by atoms with van der Waals surface area (Å²) in [4.78, 5) is 80.0. The van der Waals surface area contributed by atoms with Gasteiger partial charge in [-0.2, -0.15) is 0 Å². The van der Waals surface area contributed by atoms with Gasteiger partial charge >= 0.3 is 35.9 Å². The quantitative estimate of drug-likeness (QED) is 0.0362. The number of hydrogen-bond acceptors (Lipinski definition) is 13. The summed E-state index contributed by atoms with van der Waals surface area (Å²) in [7, 11) is 1.25. The van der Waals surface area contributed by atoms with Gasteiger partial charge in [0.25, 0.3) is 0 Å². The van der Waals surface area contributed by atoms with Gasteiger partial charge in [-0.25, -0.2) is 18.4 Å². The number of benzene rings is 4. The predicted molar refractivity (Wildman–Crippen MR) is 328 cm³/mol. The van der Waals surface area contributed by atoms with Gasteiger partial charge in [-0.15, -0.1) is 0 Å². The number of carbonyl (C=O) groups excluding carboxylic acids is 4. The van der Waals surface area contributed by atoms with Crippen molar-refractivity contribution in [1.29, 1.82) is 0 Å². The Morgan fingerprint density at radius 2 is 1.17 bits per heavy atom. The number of carbonyl (C=O) groups is 6. The number of aliphatic carboxylic acids is 2. The first-order valence-corrected chi connectivity index (χ1v) is 29.2. The van der Waals surface area contributed by atoms with E-state index in [9.17, 15) is 52.9 Å². The predicted octanol–water partition coefficient (Wildman–Crippen LogP) is 10.5. The number of aryl methyl sites for hydroxylation is 2. The van der Waals surface area contributed by atoms with Crippen LogP contribution in [0.3, 0.4) is 0 Å². The molecule has 0 radical (unpaired) electrons. The van der Waals surface area contributed by atoms with Crippen LogP contribution in [0, 0.1) is 11.6 Å². The van der Waals surface area contributed by atoms with Crippen LogP contribution in [0.5, 0.6) is 0 Å². The molecule has 4 aromatic carbocycles. The summed E-state index contributed by atoms with van der Waals surface area (Å²) in [5.41, 5.74) is 15.0. The minimum Gasteiger partial charge on any atom is -0.481 e. The number of carboxylic acid groups (broad SMARTS) is 2. The van der Waals surface area contributed by atoms with Crippen molar-refractivity contribution >= 4 is 59.5 Å². The molecule has 6 aromatic rings. The smallest absolute Gasteiger partial charge is 0.325 e. The lowest BCUT2D eigenvalue weighted by Gasteiger charge is -2.25. The second-order valence-electron chi connectivity index (χ2n) is 22.5. The highest BCUT2D eigenvalue weighted by Gasteiger charge is 2.30. The zero-order valence-corrected chi connectivity index (χ0v) is 49.5. The number of carboxylic acids is 2. The lowest BCUT2D eigenvalue weighted by Crippen LogP contribution is -2.33. The molecule has 4 atom stereocenters. The van der Waals surface area contributed by atoms with E-state index in [2.05, 4.69) is 39.9 Å². The number of aliphatic hydroxyl groups is 3. The second-order valence-corrected chi connectivity index (χ2v) is 22.5. The Morgan fingerprint density at radius 1 is 0.682 bits per heavy atom. The number of esters is 2. The average Bonchev–Trinajstić information content (AvgIpc) is 1.81. The van der Waals surface area contributed by atoms with Crippen LogP contribution < -0.4 is 21.3 Å². The lowest BCUT2D eigenvalue weighted by molar-refractivity contribution is -0.156. The van der Waals surface area contributed by atoms with Gasteiger partial charge in [-0.05, 0) is 149 Å².